The van der Waals surface area contributed by atoms with Gasteiger partial charge in [0.05, 0.1) is 0 Å². The predicted octanol–water partition coefficient (Wildman–Crippen LogP) is 5.24. The lowest BCUT2D eigenvalue weighted by Crippen LogP contribution is -1.98. The zero-order chi connectivity index (χ0) is 14.2. The molecule has 0 aliphatic carbocycles. The molecule has 0 aliphatic heterocycles. The molecular weight excluding hydrogens is 248 g/mol. The van der Waals surface area contributed by atoms with E-state index in [9.17, 15) is 4.79 Å². The average Bonchev–Trinajstić information content (AvgIpc) is 2.49. The Morgan fingerprint density at radius 1 is 0.900 bits per heavy atom. The smallest absolute Gasteiger partial charge is 0.162 e. The third-order valence-electron chi connectivity index (χ3n) is 3.16. The van der Waals surface area contributed by atoms with Crippen LogP contribution < -0.4 is 4.74 Å². The van der Waals surface area contributed by atoms with Gasteiger partial charge in [0, 0.05) is 12.0 Å². The van der Waals surface area contributed by atoms with Crippen molar-refractivity contribution < 1.29 is 9.53 Å². The van der Waals surface area contributed by atoms with Crippen molar-refractivity contribution in [3.8, 4) is 11.5 Å². The Balaban J connectivity index is 1.94. The van der Waals surface area contributed by atoms with Crippen molar-refractivity contribution in [2.24, 2.45) is 0 Å². The van der Waals surface area contributed by atoms with Gasteiger partial charge in [-0.3, -0.25) is 4.79 Å². The fraction of sp³-hybridized carbons (Fsp3) is 0.278. The van der Waals surface area contributed by atoms with E-state index < -0.39 is 0 Å². The van der Waals surface area contributed by atoms with Gasteiger partial charge in [0.2, 0.25) is 0 Å². The van der Waals surface area contributed by atoms with E-state index in [1.165, 1.54) is 0 Å². The Labute approximate surface area is 120 Å². The van der Waals surface area contributed by atoms with Crippen LogP contribution in [0.25, 0.3) is 0 Å². The summed E-state index contributed by atoms with van der Waals surface area (Å²) in [6.45, 7) is 2.14. The van der Waals surface area contributed by atoms with Crippen molar-refractivity contribution in [1.82, 2.24) is 0 Å². The standard InChI is InChI=1S/C18H20O2/c1-2-3-5-10-18(19)15-11-13-17(14-12-15)20-16-8-6-4-7-9-16/h4,6-9,11-14H,2-3,5,10H2,1H3. The van der Waals surface area contributed by atoms with Gasteiger partial charge in [-0.15, -0.1) is 0 Å². The molecule has 0 radical (unpaired) electrons. The van der Waals surface area contributed by atoms with Gasteiger partial charge in [-0.05, 0) is 42.8 Å². The van der Waals surface area contributed by atoms with Crippen LogP contribution in [0.1, 0.15) is 43.0 Å². The maximum absolute atomic E-state index is 11.9. The van der Waals surface area contributed by atoms with Crippen molar-refractivity contribution >= 4 is 5.78 Å². The molecule has 2 nitrogen and oxygen atoms in total. The van der Waals surface area contributed by atoms with Gasteiger partial charge >= 0.3 is 0 Å². The van der Waals surface area contributed by atoms with E-state index in [1.807, 2.05) is 54.6 Å². The quantitative estimate of drug-likeness (QED) is 0.507. The lowest BCUT2D eigenvalue weighted by Gasteiger charge is -2.06. The first kappa shape index (κ1) is 14.3. The summed E-state index contributed by atoms with van der Waals surface area (Å²) in [5.41, 5.74) is 0.765. The van der Waals surface area contributed by atoms with E-state index in [1.54, 1.807) is 0 Å². The molecule has 2 rings (SSSR count). The summed E-state index contributed by atoms with van der Waals surface area (Å²) in [6, 6.07) is 17.0. The zero-order valence-corrected chi connectivity index (χ0v) is 11.8. The summed E-state index contributed by atoms with van der Waals surface area (Å²) in [4.78, 5) is 11.9. The number of hydrogen-bond donors (Lipinski definition) is 0. The third-order valence-corrected chi connectivity index (χ3v) is 3.16. The molecule has 0 saturated heterocycles. The summed E-state index contributed by atoms with van der Waals surface area (Å²) in [5.74, 6) is 1.76. The van der Waals surface area contributed by atoms with E-state index in [4.69, 9.17) is 4.74 Å². The average molecular weight is 268 g/mol. The minimum absolute atomic E-state index is 0.213. The molecule has 0 aromatic heterocycles. The van der Waals surface area contributed by atoms with E-state index in [0.717, 1.165) is 36.3 Å². The summed E-state index contributed by atoms with van der Waals surface area (Å²) in [6.07, 6.45) is 3.85. The largest absolute Gasteiger partial charge is 0.457 e. The van der Waals surface area contributed by atoms with E-state index in [0.29, 0.717) is 6.42 Å². The Morgan fingerprint density at radius 3 is 2.20 bits per heavy atom. The first-order chi connectivity index (χ1) is 9.79. The zero-order valence-electron chi connectivity index (χ0n) is 11.8. The molecule has 2 heteroatoms. The molecule has 0 aliphatic rings. The highest BCUT2D eigenvalue weighted by Crippen LogP contribution is 2.21. The Kier molecular flexibility index (Phi) is 5.36. The fourth-order valence-electron chi connectivity index (χ4n) is 2.01. The highest BCUT2D eigenvalue weighted by atomic mass is 16.5. The molecule has 0 saturated carbocycles. The first-order valence-corrected chi connectivity index (χ1v) is 7.16. The lowest BCUT2D eigenvalue weighted by molar-refractivity contribution is 0.0979. The van der Waals surface area contributed by atoms with Crippen LogP contribution in [-0.2, 0) is 0 Å². The fourth-order valence-corrected chi connectivity index (χ4v) is 2.01. The second-order valence-corrected chi connectivity index (χ2v) is 4.82. The molecule has 20 heavy (non-hydrogen) atoms. The number of hydrogen-bond acceptors (Lipinski definition) is 2. The monoisotopic (exact) mass is 268 g/mol. The van der Waals surface area contributed by atoms with Gasteiger partial charge < -0.3 is 4.74 Å². The molecule has 104 valence electrons. The van der Waals surface area contributed by atoms with Gasteiger partial charge in [-0.2, -0.15) is 0 Å². The molecule has 0 bridgehead atoms. The Bertz CT molecular complexity index is 529. The minimum atomic E-state index is 0.213. The van der Waals surface area contributed by atoms with Gasteiger partial charge in [0.15, 0.2) is 5.78 Å². The second kappa shape index (κ2) is 7.49. The minimum Gasteiger partial charge on any atom is -0.457 e. The van der Waals surface area contributed by atoms with Crippen LogP contribution in [-0.4, -0.2) is 5.78 Å². The molecule has 0 amide bonds. The number of ketones is 1. The van der Waals surface area contributed by atoms with E-state index in [-0.39, 0.29) is 5.78 Å². The molecule has 0 unspecified atom stereocenters. The maximum Gasteiger partial charge on any atom is 0.162 e. The van der Waals surface area contributed by atoms with Crippen molar-refractivity contribution in [1.29, 1.82) is 0 Å². The molecule has 0 N–H and O–H groups in total. The number of rotatable bonds is 7. The van der Waals surface area contributed by atoms with Crippen LogP contribution in [0, 0.1) is 0 Å². The highest BCUT2D eigenvalue weighted by molar-refractivity contribution is 5.96. The molecule has 0 atom stereocenters. The van der Waals surface area contributed by atoms with Gasteiger partial charge in [-0.1, -0.05) is 38.0 Å². The van der Waals surface area contributed by atoms with Crippen LogP contribution >= 0.6 is 0 Å². The summed E-state index contributed by atoms with van der Waals surface area (Å²) < 4.78 is 5.70. The van der Waals surface area contributed by atoms with Crippen molar-refractivity contribution in [2.45, 2.75) is 32.6 Å². The summed E-state index contributed by atoms with van der Waals surface area (Å²) in [7, 11) is 0. The molecule has 0 fully saturated rings. The molecular formula is C18H20O2. The number of ether oxygens (including phenoxy) is 1. The second-order valence-electron chi connectivity index (χ2n) is 4.82. The van der Waals surface area contributed by atoms with Crippen molar-refractivity contribution in [3.63, 3.8) is 0 Å². The van der Waals surface area contributed by atoms with E-state index >= 15 is 0 Å². The topological polar surface area (TPSA) is 26.3 Å². The normalized spacial score (nSPS) is 10.2. The van der Waals surface area contributed by atoms with Gasteiger partial charge in [0.1, 0.15) is 11.5 Å². The molecule has 0 heterocycles. The summed E-state index contributed by atoms with van der Waals surface area (Å²) >= 11 is 0. The number of para-hydroxylation sites is 1. The molecule has 0 spiro atoms. The SMILES string of the molecule is CCCCCC(=O)c1ccc(Oc2ccccc2)cc1. The van der Waals surface area contributed by atoms with E-state index in [2.05, 4.69) is 6.92 Å². The molecule has 2 aromatic carbocycles. The van der Waals surface area contributed by atoms with Crippen LogP contribution in [0.4, 0.5) is 0 Å². The molecule has 2 aromatic rings. The van der Waals surface area contributed by atoms with Gasteiger partial charge in [-0.25, -0.2) is 0 Å². The first-order valence-electron chi connectivity index (χ1n) is 7.16. The van der Waals surface area contributed by atoms with Crippen LogP contribution in [0.2, 0.25) is 0 Å². The number of benzene rings is 2. The number of carbonyl (C=O) groups is 1. The van der Waals surface area contributed by atoms with Crippen LogP contribution in [0.5, 0.6) is 11.5 Å². The van der Waals surface area contributed by atoms with Gasteiger partial charge in [0.25, 0.3) is 0 Å². The number of unbranched alkanes of at least 4 members (excludes halogenated alkanes) is 2. The summed E-state index contributed by atoms with van der Waals surface area (Å²) in [5, 5.41) is 0. The lowest BCUT2D eigenvalue weighted by atomic mass is 10.0. The van der Waals surface area contributed by atoms with Crippen LogP contribution in [0.3, 0.4) is 0 Å². The highest BCUT2D eigenvalue weighted by Gasteiger charge is 2.05. The van der Waals surface area contributed by atoms with Crippen molar-refractivity contribution in [2.75, 3.05) is 0 Å². The number of carbonyl (C=O) groups excluding carboxylic acids is 1. The Hall–Kier alpha value is -2.09. The van der Waals surface area contributed by atoms with Crippen molar-refractivity contribution in [3.05, 3.63) is 60.2 Å². The maximum atomic E-state index is 11.9. The number of Topliss-reactive ketones (excluding diaryl/α,β-unsaturated/α-hetero) is 1. The third kappa shape index (κ3) is 4.23. The predicted molar refractivity (Wildman–Crippen MR) is 81.4 cm³/mol. The van der Waals surface area contributed by atoms with Crippen LogP contribution in [0.15, 0.2) is 54.6 Å². The Morgan fingerprint density at radius 2 is 1.55 bits per heavy atom.